The summed E-state index contributed by atoms with van der Waals surface area (Å²) in [4.78, 5) is 12.1. The van der Waals surface area contributed by atoms with Gasteiger partial charge in [-0.1, -0.05) is 34.1 Å². The Labute approximate surface area is 130 Å². The summed E-state index contributed by atoms with van der Waals surface area (Å²) in [5.41, 5.74) is 0.539. The molecule has 0 aliphatic carbocycles. The second kappa shape index (κ2) is 6.35. The van der Waals surface area contributed by atoms with Crippen LogP contribution in [0.4, 0.5) is 8.78 Å². The molecular formula is C16H14BrF2NO. The van der Waals surface area contributed by atoms with Crippen LogP contribution < -0.4 is 5.32 Å². The Balaban J connectivity index is 2.22. The topological polar surface area (TPSA) is 29.1 Å². The molecule has 0 aromatic heterocycles. The molecule has 1 N–H and O–H groups in total. The van der Waals surface area contributed by atoms with Crippen molar-refractivity contribution in [3.63, 3.8) is 0 Å². The molecule has 21 heavy (non-hydrogen) atoms. The fourth-order valence-corrected chi connectivity index (χ4v) is 2.23. The summed E-state index contributed by atoms with van der Waals surface area (Å²) < 4.78 is 28.5. The number of carbonyl (C=O) groups is 1. The molecule has 0 aliphatic rings. The van der Waals surface area contributed by atoms with Gasteiger partial charge in [0.1, 0.15) is 17.2 Å². The highest BCUT2D eigenvalue weighted by Crippen LogP contribution is 2.20. The first kappa shape index (κ1) is 15.6. The molecule has 2 rings (SSSR count). The maximum Gasteiger partial charge on any atom is 0.257 e. The molecule has 0 saturated carbocycles. The van der Waals surface area contributed by atoms with Crippen LogP contribution in [0.3, 0.4) is 0 Å². The van der Waals surface area contributed by atoms with Gasteiger partial charge in [-0.05, 0) is 43.2 Å². The number of nitrogens with one attached hydrogen (secondary N) is 1. The lowest BCUT2D eigenvalue weighted by atomic mass is 10.1. The Morgan fingerprint density at radius 1 is 1.14 bits per heavy atom. The summed E-state index contributed by atoms with van der Waals surface area (Å²) in [6.45, 7) is 3.25. The molecule has 2 aromatic carbocycles. The Hall–Kier alpha value is -1.75. The molecule has 2 nitrogen and oxygen atoms in total. The predicted molar refractivity (Wildman–Crippen MR) is 81.1 cm³/mol. The SMILES string of the molecule is Cc1ccc(F)c(C(=O)NC(C)c2ccc(Br)cc2)c1F. The van der Waals surface area contributed by atoms with Gasteiger partial charge in [0, 0.05) is 4.47 Å². The van der Waals surface area contributed by atoms with Crippen molar-refractivity contribution in [3.8, 4) is 0 Å². The van der Waals surface area contributed by atoms with Crippen LogP contribution in [-0.2, 0) is 0 Å². The van der Waals surface area contributed by atoms with Gasteiger partial charge in [-0.3, -0.25) is 4.79 Å². The zero-order valence-corrected chi connectivity index (χ0v) is 13.2. The van der Waals surface area contributed by atoms with Crippen molar-refractivity contribution in [2.75, 3.05) is 0 Å². The normalized spacial score (nSPS) is 12.0. The molecule has 0 bridgehead atoms. The van der Waals surface area contributed by atoms with Crippen molar-refractivity contribution in [2.45, 2.75) is 19.9 Å². The van der Waals surface area contributed by atoms with Gasteiger partial charge in [0.15, 0.2) is 0 Å². The Morgan fingerprint density at radius 2 is 1.76 bits per heavy atom. The zero-order chi connectivity index (χ0) is 15.6. The van der Waals surface area contributed by atoms with E-state index >= 15 is 0 Å². The number of aryl methyl sites for hydroxylation is 1. The minimum atomic E-state index is -0.862. The first-order valence-electron chi connectivity index (χ1n) is 6.41. The quantitative estimate of drug-likeness (QED) is 0.862. The van der Waals surface area contributed by atoms with Crippen LogP contribution in [0.1, 0.15) is 34.5 Å². The van der Waals surface area contributed by atoms with Crippen LogP contribution in [0, 0.1) is 18.6 Å². The lowest BCUT2D eigenvalue weighted by molar-refractivity contribution is 0.0931. The fraction of sp³-hybridized carbons (Fsp3) is 0.188. The predicted octanol–water partition coefficient (Wildman–Crippen LogP) is 4.53. The van der Waals surface area contributed by atoms with E-state index in [0.717, 1.165) is 16.1 Å². The van der Waals surface area contributed by atoms with Gasteiger partial charge in [0.25, 0.3) is 5.91 Å². The molecule has 2 aromatic rings. The van der Waals surface area contributed by atoms with E-state index in [2.05, 4.69) is 21.2 Å². The molecule has 0 heterocycles. The molecule has 110 valence electrons. The van der Waals surface area contributed by atoms with Crippen molar-refractivity contribution in [1.82, 2.24) is 5.32 Å². The number of hydrogen-bond acceptors (Lipinski definition) is 1. The summed E-state index contributed by atoms with van der Waals surface area (Å²) in [7, 11) is 0. The summed E-state index contributed by atoms with van der Waals surface area (Å²) in [6.07, 6.45) is 0. The molecule has 0 saturated heterocycles. The van der Waals surface area contributed by atoms with Crippen LogP contribution in [0.2, 0.25) is 0 Å². The van der Waals surface area contributed by atoms with E-state index in [-0.39, 0.29) is 11.6 Å². The van der Waals surface area contributed by atoms with E-state index < -0.39 is 23.1 Å². The van der Waals surface area contributed by atoms with Gasteiger partial charge in [-0.25, -0.2) is 8.78 Å². The van der Waals surface area contributed by atoms with Crippen LogP contribution in [0.25, 0.3) is 0 Å². The van der Waals surface area contributed by atoms with E-state index in [1.807, 2.05) is 24.3 Å². The second-order valence-electron chi connectivity index (χ2n) is 4.80. The van der Waals surface area contributed by atoms with Gasteiger partial charge in [0.2, 0.25) is 0 Å². The monoisotopic (exact) mass is 353 g/mol. The molecule has 0 aliphatic heterocycles. The Morgan fingerprint density at radius 3 is 2.38 bits per heavy atom. The summed E-state index contributed by atoms with van der Waals surface area (Å²) in [5.74, 6) is -2.45. The molecule has 5 heteroatoms. The third-order valence-corrected chi connectivity index (χ3v) is 3.76. The highest BCUT2D eigenvalue weighted by molar-refractivity contribution is 9.10. The van der Waals surface area contributed by atoms with Gasteiger partial charge in [-0.15, -0.1) is 0 Å². The second-order valence-corrected chi connectivity index (χ2v) is 5.72. The standard InChI is InChI=1S/C16H14BrF2NO/c1-9-3-8-13(18)14(15(9)19)16(21)20-10(2)11-4-6-12(17)7-5-11/h3-8,10H,1-2H3,(H,20,21). The number of benzene rings is 2. The molecule has 1 amide bonds. The highest BCUT2D eigenvalue weighted by Gasteiger charge is 2.20. The molecule has 0 fully saturated rings. The molecule has 1 atom stereocenters. The number of halogens is 3. The molecular weight excluding hydrogens is 340 g/mol. The van der Waals surface area contributed by atoms with Gasteiger partial charge >= 0.3 is 0 Å². The van der Waals surface area contributed by atoms with Gasteiger partial charge < -0.3 is 5.32 Å². The van der Waals surface area contributed by atoms with Gasteiger partial charge in [0.05, 0.1) is 6.04 Å². The zero-order valence-electron chi connectivity index (χ0n) is 11.6. The maximum absolute atomic E-state index is 13.9. The summed E-state index contributed by atoms with van der Waals surface area (Å²) in [5, 5.41) is 2.61. The highest BCUT2D eigenvalue weighted by atomic mass is 79.9. The van der Waals surface area contributed by atoms with Crippen LogP contribution in [0.15, 0.2) is 40.9 Å². The third kappa shape index (κ3) is 3.47. The number of amides is 1. The molecule has 0 spiro atoms. The first-order chi connectivity index (χ1) is 9.90. The minimum absolute atomic E-state index is 0.234. The van der Waals surface area contributed by atoms with Crippen molar-refractivity contribution < 1.29 is 13.6 Å². The van der Waals surface area contributed by atoms with Gasteiger partial charge in [-0.2, -0.15) is 0 Å². The van der Waals surface area contributed by atoms with Crippen LogP contribution in [0.5, 0.6) is 0 Å². The number of hydrogen-bond donors (Lipinski definition) is 1. The Bertz CT molecular complexity index is 671. The lowest BCUT2D eigenvalue weighted by Crippen LogP contribution is -2.28. The summed E-state index contributed by atoms with van der Waals surface area (Å²) in [6, 6.07) is 9.38. The van der Waals surface area contributed by atoms with E-state index in [9.17, 15) is 13.6 Å². The van der Waals surface area contributed by atoms with Crippen molar-refractivity contribution in [2.24, 2.45) is 0 Å². The van der Waals surface area contributed by atoms with Crippen LogP contribution in [-0.4, -0.2) is 5.91 Å². The van der Waals surface area contributed by atoms with Crippen LogP contribution >= 0.6 is 15.9 Å². The summed E-state index contributed by atoms with van der Waals surface area (Å²) >= 11 is 3.32. The minimum Gasteiger partial charge on any atom is -0.345 e. The molecule has 0 radical (unpaired) electrons. The van der Waals surface area contributed by atoms with Crippen molar-refractivity contribution >= 4 is 21.8 Å². The maximum atomic E-state index is 13.9. The number of carbonyl (C=O) groups excluding carboxylic acids is 1. The largest absolute Gasteiger partial charge is 0.345 e. The van der Waals surface area contributed by atoms with E-state index in [1.54, 1.807) is 6.92 Å². The first-order valence-corrected chi connectivity index (χ1v) is 7.20. The molecule has 1 unspecified atom stereocenters. The van der Waals surface area contributed by atoms with E-state index in [4.69, 9.17) is 0 Å². The number of rotatable bonds is 3. The average molecular weight is 354 g/mol. The van der Waals surface area contributed by atoms with E-state index in [0.29, 0.717) is 0 Å². The fourth-order valence-electron chi connectivity index (χ4n) is 1.97. The smallest absolute Gasteiger partial charge is 0.257 e. The van der Waals surface area contributed by atoms with Crippen molar-refractivity contribution in [3.05, 3.63) is 69.2 Å². The average Bonchev–Trinajstić information content (AvgIpc) is 2.44. The third-order valence-electron chi connectivity index (χ3n) is 3.23. The van der Waals surface area contributed by atoms with E-state index in [1.165, 1.54) is 13.0 Å². The Kier molecular flexibility index (Phi) is 4.73. The lowest BCUT2D eigenvalue weighted by Gasteiger charge is -2.15. The van der Waals surface area contributed by atoms with Crippen molar-refractivity contribution in [1.29, 1.82) is 0 Å².